The number of thiazole rings is 1. The molecule has 2 aromatic carbocycles. The Hall–Kier alpha value is -2.11. The maximum atomic E-state index is 12.8. The lowest BCUT2D eigenvalue weighted by molar-refractivity contribution is 0.102. The van der Waals surface area contributed by atoms with E-state index in [4.69, 9.17) is 0 Å². The van der Waals surface area contributed by atoms with Crippen molar-refractivity contribution in [2.45, 2.75) is 18.7 Å². The number of nitrogens with one attached hydrogen (secondary N) is 1. The summed E-state index contributed by atoms with van der Waals surface area (Å²) >= 11 is 3.28. The third-order valence-corrected chi connectivity index (χ3v) is 5.23. The van der Waals surface area contributed by atoms with Gasteiger partial charge in [0.1, 0.15) is 0 Å². The Balaban J connectivity index is 1.91. The predicted octanol–water partition coefficient (Wildman–Crippen LogP) is 5.48. The summed E-state index contributed by atoms with van der Waals surface area (Å²) in [4.78, 5) is 18.3. The summed E-state index contributed by atoms with van der Waals surface area (Å²) in [5.74, 6) is 0.838. The van der Waals surface area contributed by atoms with E-state index in [2.05, 4.69) is 17.2 Å². The number of hydrogen-bond donors (Lipinski definition) is 1. The van der Waals surface area contributed by atoms with Crippen LogP contribution in [0.1, 0.15) is 22.3 Å². The van der Waals surface area contributed by atoms with Crippen molar-refractivity contribution in [2.75, 3.05) is 11.1 Å². The predicted molar refractivity (Wildman–Crippen MR) is 103 cm³/mol. The van der Waals surface area contributed by atoms with Gasteiger partial charge in [-0.25, -0.2) is 4.98 Å². The van der Waals surface area contributed by atoms with Crippen molar-refractivity contribution in [2.24, 2.45) is 0 Å². The molecule has 0 saturated carbocycles. The number of rotatable bonds is 5. The minimum Gasteiger partial charge on any atom is -0.321 e. The fourth-order valence-electron chi connectivity index (χ4n) is 2.43. The Morgan fingerprint density at radius 1 is 1.17 bits per heavy atom. The molecule has 0 radical (unpaired) electrons. The van der Waals surface area contributed by atoms with E-state index in [1.54, 1.807) is 23.1 Å². The first-order valence-electron chi connectivity index (χ1n) is 7.73. The maximum Gasteiger partial charge on any atom is 0.256 e. The van der Waals surface area contributed by atoms with Crippen LogP contribution in [0, 0.1) is 6.92 Å². The van der Waals surface area contributed by atoms with Gasteiger partial charge < -0.3 is 5.32 Å². The highest BCUT2D eigenvalue weighted by Crippen LogP contribution is 2.30. The Labute approximate surface area is 150 Å². The van der Waals surface area contributed by atoms with Crippen molar-refractivity contribution in [1.29, 1.82) is 0 Å². The molecule has 0 aliphatic rings. The smallest absolute Gasteiger partial charge is 0.256 e. The molecule has 1 amide bonds. The van der Waals surface area contributed by atoms with Gasteiger partial charge in [-0.1, -0.05) is 37.3 Å². The highest BCUT2D eigenvalue weighted by Gasteiger charge is 2.14. The molecule has 5 heteroatoms. The Bertz CT molecular complexity index is 858. The maximum absolute atomic E-state index is 12.8. The van der Waals surface area contributed by atoms with Gasteiger partial charge in [0.05, 0.1) is 22.0 Å². The average Bonchev–Trinajstić information content (AvgIpc) is 3.02. The number of para-hydroxylation sites is 1. The monoisotopic (exact) mass is 354 g/mol. The topological polar surface area (TPSA) is 42.0 Å². The van der Waals surface area contributed by atoms with Gasteiger partial charge in [0, 0.05) is 15.8 Å². The van der Waals surface area contributed by atoms with Gasteiger partial charge in [-0.2, -0.15) is 0 Å². The molecule has 3 nitrogen and oxygen atoms in total. The molecule has 0 bridgehead atoms. The summed E-state index contributed by atoms with van der Waals surface area (Å²) < 4.78 is 0. The molecule has 0 aliphatic carbocycles. The second-order valence-electron chi connectivity index (χ2n) is 5.18. The zero-order valence-electron chi connectivity index (χ0n) is 13.6. The van der Waals surface area contributed by atoms with Crippen LogP contribution in [0.2, 0.25) is 0 Å². The third-order valence-electron chi connectivity index (χ3n) is 3.50. The standard InChI is InChI=1S/C19H18N2OS2/c1-3-23-18-11-7-5-9-15(18)19(22)21-16-10-6-4-8-14(16)17-12-24-13(2)20-17/h4-12H,3H2,1-2H3,(H,21,22). The summed E-state index contributed by atoms with van der Waals surface area (Å²) in [5, 5.41) is 6.07. The second kappa shape index (κ2) is 7.64. The van der Waals surface area contributed by atoms with E-state index >= 15 is 0 Å². The zero-order chi connectivity index (χ0) is 16.9. The molecule has 0 fully saturated rings. The highest BCUT2D eigenvalue weighted by molar-refractivity contribution is 7.99. The Morgan fingerprint density at radius 2 is 1.92 bits per heavy atom. The van der Waals surface area contributed by atoms with Crippen molar-refractivity contribution in [3.8, 4) is 11.3 Å². The van der Waals surface area contributed by atoms with Crippen molar-refractivity contribution in [1.82, 2.24) is 4.98 Å². The third kappa shape index (κ3) is 3.68. The molecule has 0 spiro atoms. The largest absolute Gasteiger partial charge is 0.321 e. The molecule has 0 aliphatic heterocycles. The lowest BCUT2D eigenvalue weighted by Crippen LogP contribution is -2.13. The normalized spacial score (nSPS) is 10.6. The minimum atomic E-state index is -0.0917. The number of aryl methyl sites for hydroxylation is 1. The SMILES string of the molecule is CCSc1ccccc1C(=O)Nc1ccccc1-c1csc(C)n1. The molecule has 3 rings (SSSR count). The first-order chi connectivity index (χ1) is 11.7. The van der Waals surface area contributed by atoms with Gasteiger partial charge in [-0.3, -0.25) is 4.79 Å². The summed E-state index contributed by atoms with van der Waals surface area (Å²) in [5.41, 5.74) is 3.32. The molecule has 3 aromatic rings. The van der Waals surface area contributed by atoms with Gasteiger partial charge in [0.25, 0.3) is 5.91 Å². The van der Waals surface area contributed by atoms with Crippen LogP contribution in [0.5, 0.6) is 0 Å². The van der Waals surface area contributed by atoms with Gasteiger partial charge in [0.15, 0.2) is 0 Å². The van der Waals surface area contributed by atoms with Crippen LogP contribution in [0.3, 0.4) is 0 Å². The number of thioether (sulfide) groups is 1. The van der Waals surface area contributed by atoms with E-state index in [-0.39, 0.29) is 5.91 Å². The van der Waals surface area contributed by atoms with Gasteiger partial charge in [-0.05, 0) is 30.9 Å². The fourth-order valence-corrected chi connectivity index (χ4v) is 3.84. The Kier molecular flexibility index (Phi) is 5.33. The number of anilines is 1. The van der Waals surface area contributed by atoms with Crippen LogP contribution in [0.4, 0.5) is 5.69 Å². The number of hydrogen-bond acceptors (Lipinski definition) is 4. The first kappa shape index (κ1) is 16.7. The molecular formula is C19H18N2OS2. The van der Waals surface area contributed by atoms with E-state index in [1.165, 1.54) is 0 Å². The van der Waals surface area contributed by atoms with E-state index in [0.717, 1.165) is 32.6 Å². The van der Waals surface area contributed by atoms with Crippen LogP contribution in [0.15, 0.2) is 58.8 Å². The van der Waals surface area contributed by atoms with E-state index in [1.807, 2.05) is 60.8 Å². The lowest BCUT2D eigenvalue weighted by Gasteiger charge is -2.12. The number of carbonyl (C=O) groups is 1. The van der Waals surface area contributed by atoms with Crippen LogP contribution in [-0.2, 0) is 0 Å². The van der Waals surface area contributed by atoms with Crippen LogP contribution >= 0.6 is 23.1 Å². The number of benzene rings is 2. The number of nitrogens with zero attached hydrogens (tertiary/aromatic N) is 1. The molecule has 1 aromatic heterocycles. The summed E-state index contributed by atoms with van der Waals surface area (Å²) in [6, 6.07) is 15.5. The highest BCUT2D eigenvalue weighted by atomic mass is 32.2. The molecule has 0 saturated heterocycles. The molecule has 0 atom stereocenters. The minimum absolute atomic E-state index is 0.0917. The van der Waals surface area contributed by atoms with Crippen molar-refractivity contribution >= 4 is 34.7 Å². The number of carbonyl (C=O) groups excluding carboxylic acids is 1. The van der Waals surface area contributed by atoms with Crippen molar-refractivity contribution in [3.05, 3.63) is 64.5 Å². The quantitative estimate of drug-likeness (QED) is 0.617. The van der Waals surface area contributed by atoms with Crippen LogP contribution in [0.25, 0.3) is 11.3 Å². The molecular weight excluding hydrogens is 336 g/mol. The number of aromatic nitrogens is 1. The van der Waals surface area contributed by atoms with Gasteiger partial charge in [-0.15, -0.1) is 23.1 Å². The summed E-state index contributed by atoms with van der Waals surface area (Å²) in [6.45, 7) is 4.06. The molecule has 1 heterocycles. The van der Waals surface area contributed by atoms with Crippen LogP contribution in [-0.4, -0.2) is 16.6 Å². The molecule has 24 heavy (non-hydrogen) atoms. The molecule has 122 valence electrons. The average molecular weight is 355 g/mol. The van der Waals surface area contributed by atoms with Gasteiger partial charge >= 0.3 is 0 Å². The Morgan fingerprint density at radius 3 is 2.67 bits per heavy atom. The number of amides is 1. The van der Waals surface area contributed by atoms with Crippen molar-refractivity contribution < 1.29 is 4.79 Å². The van der Waals surface area contributed by atoms with E-state index < -0.39 is 0 Å². The van der Waals surface area contributed by atoms with Crippen molar-refractivity contribution in [3.63, 3.8) is 0 Å². The molecule has 0 unspecified atom stereocenters. The molecule has 1 N–H and O–H groups in total. The lowest BCUT2D eigenvalue weighted by atomic mass is 10.1. The van der Waals surface area contributed by atoms with Crippen LogP contribution < -0.4 is 5.32 Å². The van der Waals surface area contributed by atoms with E-state index in [9.17, 15) is 4.79 Å². The fraction of sp³-hybridized carbons (Fsp3) is 0.158. The summed E-state index contributed by atoms with van der Waals surface area (Å²) in [7, 11) is 0. The zero-order valence-corrected chi connectivity index (χ0v) is 15.2. The first-order valence-corrected chi connectivity index (χ1v) is 9.60. The van der Waals surface area contributed by atoms with E-state index in [0.29, 0.717) is 5.56 Å². The van der Waals surface area contributed by atoms with Gasteiger partial charge in [0.2, 0.25) is 0 Å². The second-order valence-corrected chi connectivity index (χ2v) is 7.55. The summed E-state index contributed by atoms with van der Waals surface area (Å²) in [6.07, 6.45) is 0.